The first-order valence-corrected chi connectivity index (χ1v) is 9.30. The Morgan fingerprint density at radius 1 is 1.23 bits per heavy atom. The van der Waals surface area contributed by atoms with Crippen LogP contribution in [-0.4, -0.2) is 56.0 Å². The van der Waals surface area contributed by atoms with Crippen molar-refractivity contribution in [2.24, 2.45) is 5.92 Å². The van der Waals surface area contributed by atoms with Crippen molar-refractivity contribution in [3.8, 4) is 5.75 Å². The smallest absolute Gasteiger partial charge is 0.289 e. The van der Waals surface area contributed by atoms with Crippen LogP contribution in [0.15, 0.2) is 47.1 Å². The third kappa shape index (κ3) is 4.67. The van der Waals surface area contributed by atoms with Gasteiger partial charge in [-0.15, -0.1) is 0 Å². The highest BCUT2D eigenvalue weighted by atomic mass is 16.5. The summed E-state index contributed by atoms with van der Waals surface area (Å²) in [6.07, 6.45) is 4.80. The van der Waals surface area contributed by atoms with E-state index in [2.05, 4.69) is 17.0 Å². The average molecular weight is 356 g/mol. The Labute approximate surface area is 155 Å². The number of furan rings is 1. The van der Waals surface area contributed by atoms with Gasteiger partial charge >= 0.3 is 0 Å². The minimum Gasteiger partial charge on any atom is -0.496 e. The van der Waals surface area contributed by atoms with Gasteiger partial charge in [0.1, 0.15) is 5.75 Å². The zero-order valence-electron chi connectivity index (χ0n) is 15.7. The van der Waals surface area contributed by atoms with E-state index in [4.69, 9.17) is 9.15 Å². The van der Waals surface area contributed by atoms with E-state index in [1.165, 1.54) is 5.56 Å². The number of hydrogen-bond donors (Lipinski definition) is 0. The van der Waals surface area contributed by atoms with Crippen molar-refractivity contribution in [2.45, 2.75) is 19.3 Å². The molecule has 1 aliphatic rings. The Bertz CT molecular complexity index is 691. The predicted octanol–water partition coefficient (Wildman–Crippen LogP) is 3.31. The summed E-state index contributed by atoms with van der Waals surface area (Å²) in [5, 5.41) is 0. The molecule has 0 N–H and O–H groups in total. The van der Waals surface area contributed by atoms with Crippen molar-refractivity contribution in [1.82, 2.24) is 9.80 Å². The van der Waals surface area contributed by atoms with Crippen LogP contribution in [0.3, 0.4) is 0 Å². The summed E-state index contributed by atoms with van der Waals surface area (Å²) in [5.41, 5.74) is 1.26. The molecule has 1 amide bonds. The summed E-state index contributed by atoms with van der Waals surface area (Å²) in [6, 6.07) is 11.7. The highest BCUT2D eigenvalue weighted by Crippen LogP contribution is 2.21. The molecule has 26 heavy (non-hydrogen) atoms. The fourth-order valence-electron chi connectivity index (χ4n) is 3.64. The minimum atomic E-state index is -0.0337. The Morgan fingerprint density at radius 2 is 2.00 bits per heavy atom. The molecular weight excluding hydrogens is 328 g/mol. The molecule has 5 heteroatoms. The van der Waals surface area contributed by atoms with Crippen LogP contribution in [0.1, 0.15) is 29.0 Å². The van der Waals surface area contributed by atoms with Crippen LogP contribution in [0.5, 0.6) is 5.75 Å². The molecule has 0 unspecified atom stereocenters. The lowest BCUT2D eigenvalue weighted by molar-refractivity contribution is 0.0709. The first-order valence-electron chi connectivity index (χ1n) is 9.30. The standard InChI is InChI=1S/C21H28N2O3/c1-22(21(24)20-8-5-15-26-20)16-17-9-12-23(13-10-17)14-11-18-6-3-4-7-19(18)25-2/h3-8,15,17H,9-14,16H2,1-2H3. The number of carbonyl (C=O) groups excluding carboxylic acids is 1. The van der Waals surface area contributed by atoms with Gasteiger partial charge in [-0.05, 0) is 62.0 Å². The number of benzene rings is 1. The number of hydrogen-bond acceptors (Lipinski definition) is 4. The lowest BCUT2D eigenvalue weighted by atomic mass is 9.96. The quantitative estimate of drug-likeness (QED) is 0.763. The zero-order valence-corrected chi connectivity index (χ0v) is 15.7. The van der Waals surface area contributed by atoms with E-state index in [0.29, 0.717) is 11.7 Å². The summed E-state index contributed by atoms with van der Waals surface area (Å²) in [5.74, 6) is 1.91. The molecule has 1 aliphatic heterocycles. The maximum atomic E-state index is 12.3. The van der Waals surface area contributed by atoms with Gasteiger partial charge < -0.3 is 19.0 Å². The topological polar surface area (TPSA) is 45.9 Å². The van der Waals surface area contributed by atoms with Crippen LogP contribution >= 0.6 is 0 Å². The lowest BCUT2D eigenvalue weighted by Crippen LogP contribution is -2.40. The molecule has 0 atom stereocenters. The van der Waals surface area contributed by atoms with Gasteiger partial charge in [0, 0.05) is 20.1 Å². The number of amides is 1. The largest absolute Gasteiger partial charge is 0.496 e. The van der Waals surface area contributed by atoms with Crippen molar-refractivity contribution in [3.05, 3.63) is 54.0 Å². The van der Waals surface area contributed by atoms with E-state index in [1.807, 2.05) is 19.2 Å². The first-order chi connectivity index (χ1) is 12.7. The Hall–Kier alpha value is -2.27. The normalized spacial score (nSPS) is 15.8. The molecule has 0 saturated carbocycles. The molecule has 1 aromatic carbocycles. The summed E-state index contributed by atoms with van der Waals surface area (Å²) < 4.78 is 10.6. The summed E-state index contributed by atoms with van der Waals surface area (Å²) in [7, 11) is 3.59. The number of ether oxygens (including phenoxy) is 1. The third-order valence-corrected chi connectivity index (χ3v) is 5.21. The number of rotatable bonds is 7. The van der Waals surface area contributed by atoms with Crippen molar-refractivity contribution >= 4 is 5.91 Å². The third-order valence-electron chi connectivity index (χ3n) is 5.21. The summed E-state index contributed by atoms with van der Waals surface area (Å²) in [6.45, 7) is 4.01. The Balaban J connectivity index is 1.42. The van der Waals surface area contributed by atoms with Crippen LogP contribution in [-0.2, 0) is 6.42 Å². The molecule has 0 aliphatic carbocycles. The number of carbonyl (C=O) groups is 1. The molecule has 0 radical (unpaired) electrons. The fraction of sp³-hybridized carbons (Fsp3) is 0.476. The fourth-order valence-corrected chi connectivity index (χ4v) is 3.64. The zero-order chi connectivity index (χ0) is 18.4. The second-order valence-corrected chi connectivity index (χ2v) is 7.01. The van der Waals surface area contributed by atoms with Gasteiger partial charge in [-0.2, -0.15) is 0 Å². The van der Waals surface area contributed by atoms with Crippen LogP contribution in [0.25, 0.3) is 0 Å². The second-order valence-electron chi connectivity index (χ2n) is 7.01. The molecule has 0 bridgehead atoms. The maximum Gasteiger partial charge on any atom is 0.289 e. The molecule has 2 heterocycles. The van der Waals surface area contributed by atoms with Gasteiger partial charge in [-0.1, -0.05) is 18.2 Å². The lowest BCUT2D eigenvalue weighted by Gasteiger charge is -2.33. The van der Waals surface area contributed by atoms with E-state index in [9.17, 15) is 4.79 Å². The molecule has 1 aromatic heterocycles. The molecule has 0 spiro atoms. The Kier molecular flexibility index (Phi) is 6.34. The summed E-state index contributed by atoms with van der Waals surface area (Å²) in [4.78, 5) is 16.6. The van der Waals surface area contributed by atoms with Gasteiger partial charge in [0.2, 0.25) is 0 Å². The van der Waals surface area contributed by atoms with Crippen LogP contribution in [0, 0.1) is 5.92 Å². The van der Waals surface area contributed by atoms with Gasteiger partial charge in [-0.3, -0.25) is 4.79 Å². The van der Waals surface area contributed by atoms with E-state index < -0.39 is 0 Å². The number of para-hydroxylation sites is 1. The molecule has 1 fully saturated rings. The monoisotopic (exact) mass is 356 g/mol. The van der Waals surface area contributed by atoms with Crippen LogP contribution < -0.4 is 4.74 Å². The molecule has 2 aromatic rings. The maximum absolute atomic E-state index is 12.3. The van der Waals surface area contributed by atoms with Crippen LogP contribution in [0.2, 0.25) is 0 Å². The summed E-state index contributed by atoms with van der Waals surface area (Å²) >= 11 is 0. The Morgan fingerprint density at radius 3 is 2.69 bits per heavy atom. The van der Waals surface area contributed by atoms with Gasteiger partial charge in [-0.25, -0.2) is 0 Å². The SMILES string of the molecule is COc1ccccc1CCN1CCC(CN(C)C(=O)c2ccco2)CC1. The van der Waals surface area contributed by atoms with Crippen LogP contribution in [0.4, 0.5) is 0 Å². The van der Waals surface area contributed by atoms with Gasteiger partial charge in [0.25, 0.3) is 5.91 Å². The second kappa shape index (κ2) is 8.90. The van der Waals surface area contributed by atoms with E-state index in [0.717, 1.165) is 51.2 Å². The number of nitrogens with zero attached hydrogens (tertiary/aromatic N) is 2. The molecule has 1 saturated heterocycles. The number of likely N-dealkylation sites (tertiary alicyclic amines) is 1. The van der Waals surface area contributed by atoms with Crippen molar-refractivity contribution < 1.29 is 13.9 Å². The molecular formula is C21H28N2O3. The highest BCUT2D eigenvalue weighted by molar-refractivity contribution is 5.91. The predicted molar refractivity (Wildman–Crippen MR) is 102 cm³/mol. The van der Waals surface area contributed by atoms with E-state index >= 15 is 0 Å². The van der Waals surface area contributed by atoms with Crippen molar-refractivity contribution in [3.63, 3.8) is 0 Å². The van der Waals surface area contributed by atoms with Crippen molar-refractivity contribution in [1.29, 1.82) is 0 Å². The van der Waals surface area contributed by atoms with E-state index in [1.54, 1.807) is 30.4 Å². The van der Waals surface area contributed by atoms with Gasteiger partial charge in [0.05, 0.1) is 13.4 Å². The minimum absolute atomic E-state index is 0.0337. The average Bonchev–Trinajstić information content (AvgIpc) is 3.21. The first kappa shape index (κ1) is 18.5. The number of methoxy groups -OCH3 is 1. The number of piperidine rings is 1. The molecule has 140 valence electrons. The van der Waals surface area contributed by atoms with E-state index in [-0.39, 0.29) is 5.91 Å². The van der Waals surface area contributed by atoms with Crippen molar-refractivity contribution in [2.75, 3.05) is 40.3 Å². The molecule has 3 rings (SSSR count). The highest BCUT2D eigenvalue weighted by Gasteiger charge is 2.23. The van der Waals surface area contributed by atoms with Gasteiger partial charge in [0.15, 0.2) is 5.76 Å². The molecule has 5 nitrogen and oxygen atoms in total.